The number of nitrogens with one attached hydrogen (secondary N) is 1. The molecule has 0 amide bonds. The van der Waals surface area contributed by atoms with E-state index in [1.807, 2.05) is 11.3 Å². The number of rotatable bonds is 9. The minimum Gasteiger partial charge on any atom is -0.315 e. The van der Waals surface area contributed by atoms with E-state index in [0.29, 0.717) is 18.0 Å². The van der Waals surface area contributed by atoms with Crippen molar-refractivity contribution in [1.82, 2.24) is 10.2 Å². The lowest BCUT2D eigenvalue weighted by Crippen LogP contribution is -2.48. The van der Waals surface area contributed by atoms with Crippen molar-refractivity contribution in [2.75, 3.05) is 13.1 Å². The third-order valence-corrected chi connectivity index (χ3v) is 4.42. The fraction of sp³-hybridized carbons (Fsp3) is 0.750. The summed E-state index contributed by atoms with van der Waals surface area (Å²) in [7, 11) is 0. The Morgan fingerprint density at radius 1 is 1.26 bits per heavy atom. The minimum absolute atomic E-state index is 0.581. The van der Waals surface area contributed by atoms with Crippen molar-refractivity contribution in [1.29, 1.82) is 0 Å². The maximum Gasteiger partial charge on any atom is 0.0334 e. The van der Waals surface area contributed by atoms with E-state index in [2.05, 4.69) is 62.3 Å². The molecule has 1 unspecified atom stereocenters. The normalized spacial score (nSPS) is 13.7. The second-order valence-electron chi connectivity index (χ2n) is 5.86. The van der Waals surface area contributed by atoms with Crippen LogP contribution >= 0.6 is 11.3 Å². The van der Waals surface area contributed by atoms with Gasteiger partial charge in [0.15, 0.2) is 0 Å². The van der Waals surface area contributed by atoms with Crippen molar-refractivity contribution in [2.24, 2.45) is 5.92 Å². The van der Waals surface area contributed by atoms with Crippen molar-refractivity contribution in [3.63, 3.8) is 0 Å². The Kier molecular flexibility index (Phi) is 7.66. The minimum atomic E-state index is 0.581. The molecule has 0 bridgehead atoms. The first-order valence-corrected chi connectivity index (χ1v) is 8.43. The Morgan fingerprint density at radius 2 is 2.00 bits per heavy atom. The van der Waals surface area contributed by atoms with Gasteiger partial charge in [0.1, 0.15) is 0 Å². The summed E-state index contributed by atoms with van der Waals surface area (Å²) in [5.74, 6) is 0.673. The highest BCUT2D eigenvalue weighted by Crippen LogP contribution is 2.20. The van der Waals surface area contributed by atoms with Gasteiger partial charge < -0.3 is 5.32 Å². The molecular formula is C16H30N2S. The second kappa shape index (κ2) is 8.72. The Hall–Kier alpha value is -0.380. The van der Waals surface area contributed by atoms with E-state index >= 15 is 0 Å². The van der Waals surface area contributed by atoms with Crippen molar-refractivity contribution >= 4 is 11.3 Å². The third-order valence-electron chi connectivity index (χ3n) is 3.56. The van der Waals surface area contributed by atoms with E-state index in [4.69, 9.17) is 0 Å². The SMILES string of the molecule is CCCNCC(C(C)C)N(Cc1cccs1)C(C)C. The highest BCUT2D eigenvalue weighted by atomic mass is 32.1. The van der Waals surface area contributed by atoms with Gasteiger partial charge in [-0.25, -0.2) is 0 Å². The molecule has 0 radical (unpaired) electrons. The predicted molar refractivity (Wildman–Crippen MR) is 86.8 cm³/mol. The standard InChI is InChI=1S/C16H30N2S/c1-6-9-17-11-16(13(2)3)18(14(4)5)12-15-8-7-10-19-15/h7-8,10,13-14,16-17H,6,9,11-12H2,1-5H3. The Balaban J connectivity index is 2.68. The molecule has 0 aliphatic rings. The van der Waals surface area contributed by atoms with Crippen molar-refractivity contribution in [3.8, 4) is 0 Å². The monoisotopic (exact) mass is 282 g/mol. The second-order valence-corrected chi connectivity index (χ2v) is 6.89. The smallest absolute Gasteiger partial charge is 0.0334 e. The first-order valence-electron chi connectivity index (χ1n) is 7.55. The quantitative estimate of drug-likeness (QED) is 0.689. The molecule has 0 aliphatic carbocycles. The summed E-state index contributed by atoms with van der Waals surface area (Å²) in [6, 6.07) is 5.58. The van der Waals surface area contributed by atoms with Crippen LogP contribution < -0.4 is 5.32 Å². The summed E-state index contributed by atoms with van der Waals surface area (Å²) in [5.41, 5.74) is 0. The first-order chi connectivity index (χ1) is 9.06. The van der Waals surface area contributed by atoms with Crippen LogP contribution in [0.25, 0.3) is 0 Å². The van der Waals surface area contributed by atoms with Gasteiger partial charge in [0, 0.05) is 30.1 Å². The van der Waals surface area contributed by atoms with Crippen molar-refractivity contribution < 1.29 is 0 Å². The average molecular weight is 282 g/mol. The first kappa shape index (κ1) is 16.7. The van der Waals surface area contributed by atoms with E-state index in [0.717, 1.165) is 19.6 Å². The van der Waals surface area contributed by atoms with Gasteiger partial charge in [-0.2, -0.15) is 0 Å². The fourth-order valence-corrected chi connectivity index (χ4v) is 3.14. The van der Waals surface area contributed by atoms with Gasteiger partial charge >= 0.3 is 0 Å². The van der Waals surface area contributed by atoms with Gasteiger partial charge in [0.25, 0.3) is 0 Å². The van der Waals surface area contributed by atoms with Gasteiger partial charge in [0.2, 0.25) is 0 Å². The van der Waals surface area contributed by atoms with Crippen LogP contribution in [-0.2, 0) is 6.54 Å². The topological polar surface area (TPSA) is 15.3 Å². The van der Waals surface area contributed by atoms with Crippen molar-refractivity contribution in [2.45, 2.75) is 59.7 Å². The summed E-state index contributed by atoms with van der Waals surface area (Å²) in [4.78, 5) is 4.11. The third kappa shape index (κ3) is 5.64. The molecule has 1 aromatic heterocycles. The molecule has 1 heterocycles. The predicted octanol–water partition coefficient (Wildman–Crippen LogP) is 3.98. The fourth-order valence-electron chi connectivity index (χ4n) is 2.43. The maximum atomic E-state index is 3.59. The molecule has 1 N–H and O–H groups in total. The molecule has 0 spiro atoms. The largest absolute Gasteiger partial charge is 0.315 e. The molecule has 0 aromatic carbocycles. The summed E-state index contributed by atoms with van der Waals surface area (Å²) in [6.07, 6.45) is 1.21. The number of hydrogen-bond acceptors (Lipinski definition) is 3. The van der Waals surface area contributed by atoms with Gasteiger partial charge in [-0.1, -0.05) is 26.8 Å². The molecule has 1 aromatic rings. The van der Waals surface area contributed by atoms with Gasteiger partial charge in [-0.15, -0.1) is 11.3 Å². The van der Waals surface area contributed by atoms with Crippen LogP contribution in [0.3, 0.4) is 0 Å². The van der Waals surface area contributed by atoms with Gasteiger partial charge in [-0.3, -0.25) is 4.90 Å². The lowest BCUT2D eigenvalue weighted by Gasteiger charge is -2.37. The zero-order valence-corrected chi connectivity index (χ0v) is 14.0. The summed E-state index contributed by atoms with van der Waals surface area (Å²) < 4.78 is 0. The molecular weight excluding hydrogens is 252 g/mol. The van der Waals surface area contributed by atoms with Gasteiger partial charge in [0.05, 0.1) is 0 Å². The molecule has 110 valence electrons. The number of hydrogen-bond donors (Lipinski definition) is 1. The molecule has 1 atom stereocenters. The van der Waals surface area contributed by atoms with E-state index < -0.39 is 0 Å². The van der Waals surface area contributed by atoms with Crippen LogP contribution in [0.4, 0.5) is 0 Å². The number of thiophene rings is 1. The van der Waals surface area contributed by atoms with E-state index in [-0.39, 0.29) is 0 Å². The zero-order chi connectivity index (χ0) is 14.3. The Bertz CT molecular complexity index is 319. The summed E-state index contributed by atoms with van der Waals surface area (Å²) >= 11 is 1.86. The molecule has 1 rings (SSSR count). The van der Waals surface area contributed by atoms with E-state index in [9.17, 15) is 0 Å². The van der Waals surface area contributed by atoms with Crippen LogP contribution in [0.1, 0.15) is 45.9 Å². The van der Waals surface area contributed by atoms with Crippen LogP contribution in [0.15, 0.2) is 17.5 Å². The highest BCUT2D eigenvalue weighted by Gasteiger charge is 2.24. The van der Waals surface area contributed by atoms with Crippen LogP contribution in [0.2, 0.25) is 0 Å². The number of nitrogens with zero attached hydrogens (tertiary/aromatic N) is 1. The summed E-state index contributed by atoms with van der Waals surface area (Å²) in [6.45, 7) is 14.8. The average Bonchev–Trinajstić information content (AvgIpc) is 2.84. The Morgan fingerprint density at radius 3 is 2.47 bits per heavy atom. The van der Waals surface area contributed by atoms with Crippen LogP contribution in [-0.4, -0.2) is 30.1 Å². The lowest BCUT2D eigenvalue weighted by atomic mass is 10.0. The zero-order valence-electron chi connectivity index (χ0n) is 13.1. The van der Waals surface area contributed by atoms with Crippen LogP contribution in [0, 0.1) is 5.92 Å². The summed E-state index contributed by atoms with van der Waals surface area (Å²) in [5, 5.41) is 5.77. The molecule has 2 nitrogen and oxygen atoms in total. The van der Waals surface area contributed by atoms with Crippen molar-refractivity contribution in [3.05, 3.63) is 22.4 Å². The van der Waals surface area contributed by atoms with E-state index in [1.54, 1.807) is 0 Å². The van der Waals surface area contributed by atoms with E-state index in [1.165, 1.54) is 11.3 Å². The van der Waals surface area contributed by atoms with Crippen LogP contribution in [0.5, 0.6) is 0 Å². The molecule has 0 saturated carbocycles. The Labute approximate surface area is 123 Å². The molecule has 0 fully saturated rings. The highest BCUT2D eigenvalue weighted by molar-refractivity contribution is 7.09. The molecule has 0 aliphatic heterocycles. The molecule has 3 heteroatoms. The maximum absolute atomic E-state index is 3.59. The lowest BCUT2D eigenvalue weighted by molar-refractivity contribution is 0.109. The molecule has 19 heavy (non-hydrogen) atoms. The molecule has 0 saturated heterocycles. The van der Waals surface area contributed by atoms with Gasteiger partial charge in [-0.05, 0) is 44.2 Å².